The first-order valence-electron chi connectivity index (χ1n) is 9.40. The Kier molecular flexibility index (Phi) is 6.14. The van der Waals surface area contributed by atoms with Crippen LogP contribution in [0.2, 0.25) is 0 Å². The van der Waals surface area contributed by atoms with Gasteiger partial charge in [0.15, 0.2) is 5.69 Å². The highest BCUT2D eigenvalue weighted by atomic mass is 32.2. The zero-order chi connectivity index (χ0) is 21.0. The molecule has 0 unspecified atom stereocenters. The van der Waals surface area contributed by atoms with E-state index in [4.69, 9.17) is 0 Å². The van der Waals surface area contributed by atoms with Crippen LogP contribution < -0.4 is 5.32 Å². The number of carbonyl (C=O) groups is 1. The Morgan fingerprint density at radius 3 is 2.41 bits per heavy atom. The predicted octanol–water partition coefficient (Wildman–Crippen LogP) is 3.46. The molecule has 0 atom stereocenters. The number of nitrogens with zero attached hydrogens (tertiary/aromatic N) is 3. The van der Waals surface area contributed by atoms with Gasteiger partial charge in [0.25, 0.3) is 5.91 Å². The molecule has 1 aromatic heterocycles. The van der Waals surface area contributed by atoms with Crippen LogP contribution in [0.15, 0.2) is 65.7 Å². The zero-order valence-electron chi connectivity index (χ0n) is 16.7. The maximum absolute atomic E-state index is 12.9. The maximum Gasteiger partial charge on any atom is 0.276 e. The first-order valence-corrected chi connectivity index (χ1v) is 10.8. The molecule has 1 heterocycles. The van der Waals surface area contributed by atoms with Crippen LogP contribution in [0.3, 0.4) is 0 Å². The monoisotopic (exact) mass is 412 g/mol. The number of benzene rings is 2. The van der Waals surface area contributed by atoms with Gasteiger partial charge in [0.1, 0.15) is 0 Å². The number of sulfonamides is 1. The first-order chi connectivity index (χ1) is 13.9. The Labute approximate surface area is 171 Å². The van der Waals surface area contributed by atoms with Gasteiger partial charge in [-0.15, -0.1) is 0 Å². The Hall–Kier alpha value is -2.97. The zero-order valence-corrected chi connectivity index (χ0v) is 17.5. The molecule has 1 N–H and O–H groups in total. The number of aromatic nitrogens is 2. The van der Waals surface area contributed by atoms with Gasteiger partial charge >= 0.3 is 0 Å². The largest absolute Gasteiger partial charge is 0.321 e. The molecule has 0 fully saturated rings. The molecule has 0 aliphatic carbocycles. The second-order valence-corrected chi connectivity index (χ2v) is 8.41. The van der Waals surface area contributed by atoms with Crippen LogP contribution in [-0.4, -0.2) is 41.5 Å². The highest BCUT2D eigenvalue weighted by molar-refractivity contribution is 7.89. The molecule has 152 valence electrons. The van der Waals surface area contributed by atoms with Crippen molar-refractivity contribution < 1.29 is 13.2 Å². The number of aryl methyl sites for hydroxylation is 1. The minimum Gasteiger partial charge on any atom is -0.321 e. The lowest BCUT2D eigenvalue weighted by Crippen LogP contribution is -2.31. The second kappa shape index (κ2) is 8.59. The molecule has 3 rings (SSSR count). The van der Waals surface area contributed by atoms with E-state index in [0.29, 0.717) is 24.3 Å². The van der Waals surface area contributed by atoms with Crippen LogP contribution in [0.5, 0.6) is 0 Å². The van der Waals surface area contributed by atoms with E-state index >= 15 is 0 Å². The summed E-state index contributed by atoms with van der Waals surface area (Å²) in [4.78, 5) is 12.8. The summed E-state index contributed by atoms with van der Waals surface area (Å²) in [6.07, 6.45) is 1.70. The van der Waals surface area contributed by atoms with E-state index in [1.807, 2.05) is 30.3 Å². The number of carbonyl (C=O) groups excluding carboxylic acids is 1. The third-order valence-corrected chi connectivity index (χ3v) is 6.80. The molecule has 0 aliphatic rings. The summed E-state index contributed by atoms with van der Waals surface area (Å²) in [5.41, 5.74) is 2.11. The van der Waals surface area contributed by atoms with Crippen LogP contribution in [0, 0.1) is 6.92 Å². The minimum absolute atomic E-state index is 0.189. The predicted molar refractivity (Wildman–Crippen MR) is 113 cm³/mol. The molecule has 0 saturated heterocycles. The van der Waals surface area contributed by atoms with Crippen molar-refractivity contribution in [2.24, 2.45) is 0 Å². The van der Waals surface area contributed by atoms with Crippen molar-refractivity contribution in [3.63, 3.8) is 0 Å². The summed E-state index contributed by atoms with van der Waals surface area (Å²) in [6, 6.07) is 15.9. The molecule has 1 amide bonds. The van der Waals surface area contributed by atoms with Crippen molar-refractivity contribution in [3.8, 4) is 5.69 Å². The van der Waals surface area contributed by atoms with E-state index in [-0.39, 0.29) is 10.6 Å². The molecule has 0 bridgehead atoms. The number of hydrogen-bond acceptors (Lipinski definition) is 4. The summed E-state index contributed by atoms with van der Waals surface area (Å²) >= 11 is 0. The lowest BCUT2D eigenvalue weighted by atomic mass is 10.2. The Balaban J connectivity index is 1.84. The minimum atomic E-state index is -3.62. The number of amides is 1. The number of anilines is 1. The molecule has 3 aromatic rings. The van der Waals surface area contributed by atoms with Gasteiger partial charge in [-0.25, -0.2) is 13.1 Å². The highest BCUT2D eigenvalue weighted by Crippen LogP contribution is 2.24. The van der Waals surface area contributed by atoms with Crippen molar-refractivity contribution >= 4 is 21.6 Å². The molecule has 8 heteroatoms. The maximum atomic E-state index is 12.9. The molecule has 7 nitrogen and oxygen atoms in total. The van der Waals surface area contributed by atoms with E-state index in [0.717, 1.165) is 5.69 Å². The first kappa shape index (κ1) is 20.8. The second-order valence-electron chi connectivity index (χ2n) is 6.50. The molecule has 0 radical (unpaired) electrons. The van der Waals surface area contributed by atoms with Crippen molar-refractivity contribution in [2.75, 3.05) is 18.4 Å². The summed E-state index contributed by atoms with van der Waals surface area (Å²) in [6.45, 7) is 6.09. The van der Waals surface area contributed by atoms with Gasteiger partial charge in [-0.2, -0.15) is 9.40 Å². The van der Waals surface area contributed by atoms with Crippen molar-refractivity contribution in [2.45, 2.75) is 25.7 Å². The summed E-state index contributed by atoms with van der Waals surface area (Å²) < 4.78 is 28.8. The molecule has 0 spiro atoms. The van der Waals surface area contributed by atoms with E-state index in [9.17, 15) is 13.2 Å². The van der Waals surface area contributed by atoms with Gasteiger partial charge in [0.05, 0.1) is 10.6 Å². The third-order valence-electron chi connectivity index (χ3n) is 4.61. The van der Waals surface area contributed by atoms with Crippen molar-refractivity contribution in [3.05, 3.63) is 72.1 Å². The van der Waals surface area contributed by atoms with Crippen LogP contribution in [0.25, 0.3) is 5.69 Å². The van der Waals surface area contributed by atoms with Gasteiger partial charge < -0.3 is 5.32 Å². The average molecular weight is 413 g/mol. The molecule has 29 heavy (non-hydrogen) atoms. The molecule has 0 saturated carbocycles. The lowest BCUT2D eigenvalue weighted by molar-refractivity contribution is 0.102. The number of hydrogen-bond donors (Lipinski definition) is 1. The number of rotatable bonds is 7. The fourth-order valence-electron chi connectivity index (χ4n) is 3.02. The smallest absolute Gasteiger partial charge is 0.276 e. The Morgan fingerprint density at radius 2 is 1.76 bits per heavy atom. The number of nitrogens with one attached hydrogen (secondary N) is 1. The third kappa shape index (κ3) is 4.38. The quantitative estimate of drug-likeness (QED) is 0.644. The Bertz CT molecular complexity index is 1100. The fourth-order valence-corrected chi connectivity index (χ4v) is 4.73. The summed E-state index contributed by atoms with van der Waals surface area (Å²) in [7, 11) is -3.62. The summed E-state index contributed by atoms with van der Waals surface area (Å²) in [5.74, 6) is -0.408. The fraction of sp³-hybridized carbons (Fsp3) is 0.238. The lowest BCUT2D eigenvalue weighted by Gasteiger charge is -2.20. The topological polar surface area (TPSA) is 84.3 Å². The van der Waals surface area contributed by atoms with Crippen LogP contribution in [0.4, 0.5) is 5.69 Å². The van der Waals surface area contributed by atoms with Gasteiger partial charge in [0, 0.05) is 25.0 Å². The number of para-hydroxylation sites is 1. The van der Waals surface area contributed by atoms with Crippen LogP contribution in [-0.2, 0) is 10.0 Å². The normalized spacial score (nSPS) is 11.6. The van der Waals surface area contributed by atoms with Crippen molar-refractivity contribution in [1.82, 2.24) is 14.1 Å². The van der Waals surface area contributed by atoms with Gasteiger partial charge in [-0.3, -0.25) is 4.79 Å². The van der Waals surface area contributed by atoms with E-state index < -0.39 is 15.9 Å². The Morgan fingerprint density at radius 1 is 1.07 bits per heavy atom. The summed E-state index contributed by atoms with van der Waals surface area (Å²) in [5, 5.41) is 7.04. The van der Waals surface area contributed by atoms with E-state index in [1.54, 1.807) is 49.8 Å². The molecule has 2 aromatic carbocycles. The average Bonchev–Trinajstić information content (AvgIpc) is 3.21. The van der Waals surface area contributed by atoms with Gasteiger partial charge in [-0.05, 0) is 42.8 Å². The van der Waals surface area contributed by atoms with Crippen molar-refractivity contribution in [1.29, 1.82) is 0 Å². The van der Waals surface area contributed by atoms with Crippen LogP contribution in [0.1, 0.15) is 29.9 Å². The molecule has 0 aliphatic heterocycles. The van der Waals surface area contributed by atoms with Gasteiger partial charge in [-0.1, -0.05) is 38.1 Å². The van der Waals surface area contributed by atoms with Crippen LogP contribution >= 0.6 is 0 Å². The van der Waals surface area contributed by atoms with Gasteiger partial charge in [0.2, 0.25) is 10.0 Å². The molecular weight excluding hydrogens is 388 g/mol. The SMILES string of the molecule is CCN(CC)S(=O)(=O)c1cc(NC(=O)c2ccn(-c3ccccc3)n2)ccc1C. The highest BCUT2D eigenvalue weighted by Gasteiger charge is 2.24. The van der Waals surface area contributed by atoms with E-state index in [2.05, 4.69) is 10.4 Å². The molecular formula is C21H24N4O3S. The standard InChI is InChI=1S/C21H24N4O3S/c1-4-24(5-2)29(27,28)20-15-17(12-11-16(20)3)22-21(26)19-13-14-25(23-19)18-9-7-6-8-10-18/h6-15H,4-5H2,1-3H3,(H,22,26). The van der Waals surface area contributed by atoms with E-state index in [1.165, 1.54) is 10.4 Å².